The lowest BCUT2D eigenvalue weighted by Gasteiger charge is -2.05. The van der Waals surface area contributed by atoms with E-state index in [0.29, 0.717) is 11.1 Å². The number of carbonyl (C=O) groups excluding carboxylic acids is 2. The number of unbranched alkanes of at least 4 members (excludes halogenated alkanes) is 6. The molecular weight excluding hydrogens is 264 g/mol. The quantitative estimate of drug-likeness (QED) is 0.429. The Morgan fingerprint density at radius 3 is 1.24 bits per heavy atom. The molecule has 0 aromatic carbocycles. The molecule has 21 heavy (non-hydrogen) atoms. The Balaban J connectivity index is 3.23. The van der Waals surface area contributed by atoms with Gasteiger partial charge in [-0.2, -0.15) is 0 Å². The Kier molecular flexibility index (Phi) is 11.3. The molecule has 0 aliphatic carbocycles. The summed E-state index contributed by atoms with van der Waals surface area (Å²) in [5.41, 5.74) is 1.13. The van der Waals surface area contributed by atoms with Crippen molar-refractivity contribution in [2.45, 2.75) is 58.8 Å². The molecule has 0 atom stereocenters. The van der Waals surface area contributed by atoms with Crippen molar-refractivity contribution < 1.29 is 9.59 Å². The van der Waals surface area contributed by atoms with Crippen LogP contribution in [0.25, 0.3) is 0 Å². The Hall–Kier alpha value is -1.58. The molecule has 0 aliphatic rings. The van der Waals surface area contributed by atoms with Crippen LogP contribution in [0.2, 0.25) is 0 Å². The Morgan fingerprint density at radius 2 is 0.952 bits per heavy atom. The number of hydrogen-bond donors (Lipinski definition) is 2. The van der Waals surface area contributed by atoms with E-state index >= 15 is 0 Å². The van der Waals surface area contributed by atoms with Crippen molar-refractivity contribution >= 4 is 11.8 Å². The number of hydrogen-bond acceptors (Lipinski definition) is 2. The average molecular weight is 294 g/mol. The van der Waals surface area contributed by atoms with Crippen LogP contribution in [0.1, 0.15) is 58.8 Å². The van der Waals surface area contributed by atoms with Crippen molar-refractivity contribution in [1.29, 1.82) is 0 Å². The number of nitrogens with one attached hydrogen (secondary N) is 2. The Labute approximate surface area is 129 Å². The van der Waals surface area contributed by atoms with Crippen molar-refractivity contribution in [1.82, 2.24) is 10.6 Å². The van der Waals surface area contributed by atoms with Gasteiger partial charge >= 0.3 is 0 Å². The molecule has 0 aromatic heterocycles. The van der Waals surface area contributed by atoms with Crippen molar-refractivity contribution in [3.8, 4) is 0 Å². The van der Waals surface area contributed by atoms with Crippen molar-refractivity contribution in [3.63, 3.8) is 0 Å². The lowest BCUT2D eigenvalue weighted by molar-refractivity contribution is -0.118. The fraction of sp³-hybridized carbons (Fsp3) is 0.647. The van der Waals surface area contributed by atoms with E-state index in [0.717, 1.165) is 38.8 Å². The molecule has 4 nitrogen and oxygen atoms in total. The molecule has 0 fully saturated rings. The molecule has 0 bridgehead atoms. The highest BCUT2D eigenvalue weighted by Crippen LogP contribution is 2.06. The van der Waals surface area contributed by atoms with Gasteiger partial charge in [-0.25, -0.2) is 0 Å². The summed E-state index contributed by atoms with van der Waals surface area (Å²) in [4.78, 5) is 22.4. The van der Waals surface area contributed by atoms with Gasteiger partial charge in [0.05, 0.1) is 0 Å². The van der Waals surface area contributed by atoms with E-state index in [-0.39, 0.29) is 11.8 Å². The first-order valence-electron chi connectivity index (χ1n) is 7.82. The molecular formula is C17H30N2O2. The largest absolute Gasteiger partial charge is 0.352 e. The van der Waals surface area contributed by atoms with Crippen LogP contribution in [0.3, 0.4) is 0 Å². The molecule has 0 saturated heterocycles. The van der Waals surface area contributed by atoms with Crippen molar-refractivity contribution in [2.75, 3.05) is 13.1 Å². The standard InChI is InChI=1S/C17H30N2O2/c1-14(2)16(20)18-12-10-8-6-5-7-9-11-13-19-17(21)15(3)4/h1,3,5-13H2,2,4H3,(H,18,20)(H,19,21). The summed E-state index contributed by atoms with van der Waals surface area (Å²) in [6, 6.07) is 0. The van der Waals surface area contributed by atoms with Crippen LogP contribution in [0, 0.1) is 0 Å². The van der Waals surface area contributed by atoms with Gasteiger partial charge in [0.1, 0.15) is 0 Å². The first-order valence-corrected chi connectivity index (χ1v) is 7.82. The van der Waals surface area contributed by atoms with Crippen LogP contribution in [-0.4, -0.2) is 24.9 Å². The third-order valence-corrected chi connectivity index (χ3v) is 3.20. The second kappa shape index (κ2) is 12.2. The van der Waals surface area contributed by atoms with E-state index in [4.69, 9.17) is 0 Å². The van der Waals surface area contributed by atoms with Crippen molar-refractivity contribution in [3.05, 3.63) is 24.3 Å². The minimum absolute atomic E-state index is 0.0493. The predicted octanol–water partition coefficient (Wildman–Crippen LogP) is 3.10. The fourth-order valence-electron chi connectivity index (χ4n) is 1.84. The lowest BCUT2D eigenvalue weighted by Crippen LogP contribution is -2.24. The lowest BCUT2D eigenvalue weighted by atomic mass is 10.1. The zero-order valence-electron chi connectivity index (χ0n) is 13.6. The van der Waals surface area contributed by atoms with Crippen LogP contribution in [0.4, 0.5) is 0 Å². The minimum Gasteiger partial charge on any atom is -0.352 e. The third-order valence-electron chi connectivity index (χ3n) is 3.20. The van der Waals surface area contributed by atoms with E-state index in [2.05, 4.69) is 23.8 Å². The highest BCUT2D eigenvalue weighted by molar-refractivity contribution is 5.92. The first kappa shape index (κ1) is 19.4. The summed E-state index contributed by atoms with van der Waals surface area (Å²) in [5.74, 6) is -0.0985. The minimum atomic E-state index is -0.0493. The van der Waals surface area contributed by atoms with Crippen molar-refractivity contribution in [2.24, 2.45) is 0 Å². The Morgan fingerprint density at radius 1 is 0.667 bits per heavy atom. The summed E-state index contributed by atoms with van der Waals surface area (Å²) in [7, 11) is 0. The second-order valence-electron chi connectivity index (χ2n) is 5.55. The predicted molar refractivity (Wildman–Crippen MR) is 88.0 cm³/mol. The van der Waals surface area contributed by atoms with Crippen LogP contribution in [0.5, 0.6) is 0 Å². The fourth-order valence-corrected chi connectivity index (χ4v) is 1.84. The number of amides is 2. The van der Waals surface area contributed by atoms with Gasteiger partial charge in [0.2, 0.25) is 11.8 Å². The van der Waals surface area contributed by atoms with Crippen LogP contribution < -0.4 is 10.6 Å². The summed E-state index contributed by atoms with van der Waals surface area (Å²) in [6.07, 6.45) is 7.93. The maximum absolute atomic E-state index is 11.2. The SMILES string of the molecule is C=C(C)C(=O)NCCCCCCCCCNC(=O)C(=C)C. The van der Waals surface area contributed by atoms with E-state index in [1.807, 2.05) is 0 Å². The molecule has 0 aromatic rings. The first-order chi connectivity index (χ1) is 9.95. The van der Waals surface area contributed by atoms with E-state index in [1.165, 1.54) is 19.3 Å². The second-order valence-corrected chi connectivity index (χ2v) is 5.55. The summed E-state index contributed by atoms with van der Waals surface area (Å²) in [6.45, 7) is 12.1. The number of carbonyl (C=O) groups is 2. The van der Waals surface area contributed by atoms with E-state index < -0.39 is 0 Å². The molecule has 4 heteroatoms. The average Bonchev–Trinajstić information content (AvgIpc) is 2.43. The maximum Gasteiger partial charge on any atom is 0.246 e. The molecule has 120 valence electrons. The molecule has 0 heterocycles. The van der Waals surface area contributed by atoms with Gasteiger partial charge in [-0.15, -0.1) is 0 Å². The monoisotopic (exact) mass is 294 g/mol. The summed E-state index contributed by atoms with van der Waals surface area (Å²) >= 11 is 0. The van der Waals surface area contributed by atoms with Gasteiger partial charge in [-0.05, 0) is 26.7 Å². The molecule has 0 aliphatic heterocycles. The molecule has 0 spiro atoms. The Bertz CT molecular complexity index is 328. The van der Waals surface area contributed by atoms with Gasteiger partial charge in [0, 0.05) is 24.2 Å². The number of rotatable bonds is 12. The molecule has 0 saturated carbocycles. The van der Waals surface area contributed by atoms with Gasteiger partial charge in [-0.1, -0.05) is 45.3 Å². The van der Waals surface area contributed by atoms with E-state index in [1.54, 1.807) is 13.8 Å². The zero-order chi connectivity index (χ0) is 16.1. The summed E-state index contributed by atoms with van der Waals surface area (Å²) < 4.78 is 0. The van der Waals surface area contributed by atoms with Crippen LogP contribution in [0.15, 0.2) is 24.3 Å². The highest BCUT2D eigenvalue weighted by Gasteiger charge is 2.00. The summed E-state index contributed by atoms with van der Waals surface area (Å²) in [5, 5.41) is 5.67. The topological polar surface area (TPSA) is 58.2 Å². The molecule has 0 radical (unpaired) electrons. The molecule has 0 rings (SSSR count). The van der Waals surface area contributed by atoms with Gasteiger partial charge in [0.15, 0.2) is 0 Å². The third kappa shape index (κ3) is 11.9. The normalized spacial score (nSPS) is 10.0. The zero-order valence-corrected chi connectivity index (χ0v) is 13.6. The highest BCUT2D eigenvalue weighted by atomic mass is 16.2. The van der Waals surface area contributed by atoms with Gasteiger partial charge in [0.25, 0.3) is 0 Å². The van der Waals surface area contributed by atoms with Crippen LogP contribution >= 0.6 is 0 Å². The van der Waals surface area contributed by atoms with Crippen LogP contribution in [-0.2, 0) is 9.59 Å². The molecule has 2 N–H and O–H groups in total. The van der Waals surface area contributed by atoms with Gasteiger partial charge in [-0.3, -0.25) is 9.59 Å². The smallest absolute Gasteiger partial charge is 0.246 e. The van der Waals surface area contributed by atoms with E-state index in [9.17, 15) is 9.59 Å². The molecule has 0 unspecified atom stereocenters. The maximum atomic E-state index is 11.2. The van der Waals surface area contributed by atoms with Gasteiger partial charge < -0.3 is 10.6 Å². The molecule has 2 amide bonds.